The number of aromatic nitrogens is 1. The van der Waals surface area contributed by atoms with Gasteiger partial charge < -0.3 is 29.6 Å². The van der Waals surface area contributed by atoms with Crippen molar-refractivity contribution >= 4 is 28.2 Å². The lowest BCUT2D eigenvalue weighted by Crippen LogP contribution is -2.43. The molecule has 0 fully saturated rings. The van der Waals surface area contributed by atoms with E-state index in [0.717, 1.165) is 35.0 Å². The van der Waals surface area contributed by atoms with Gasteiger partial charge in [0.1, 0.15) is 0 Å². The summed E-state index contributed by atoms with van der Waals surface area (Å²) in [5, 5.41) is 5.01. The Kier molecular flexibility index (Phi) is 8.90. The van der Waals surface area contributed by atoms with Crippen molar-refractivity contribution in [2.45, 2.75) is 19.9 Å². The lowest BCUT2D eigenvalue weighted by atomic mass is 10.1. The van der Waals surface area contributed by atoms with Crippen molar-refractivity contribution in [2.75, 3.05) is 47.9 Å². The molecule has 0 aliphatic rings. The van der Waals surface area contributed by atoms with E-state index in [1.54, 1.807) is 14.2 Å². The number of rotatable bonds is 10. The molecule has 3 rings (SSSR count). The van der Waals surface area contributed by atoms with E-state index in [4.69, 9.17) is 21.7 Å². The minimum absolute atomic E-state index is 0.0840. The van der Waals surface area contributed by atoms with Crippen molar-refractivity contribution in [2.24, 2.45) is 0 Å². The molecule has 1 heterocycles. The molecule has 0 aliphatic carbocycles. The Balaban J connectivity index is 1.70. The zero-order valence-corrected chi connectivity index (χ0v) is 21.4. The van der Waals surface area contributed by atoms with Gasteiger partial charge in [0.15, 0.2) is 16.6 Å². The van der Waals surface area contributed by atoms with Gasteiger partial charge in [-0.1, -0.05) is 17.7 Å². The van der Waals surface area contributed by atoms with Gasteiger partial charge in [0.2, 0.25) is 0 Å². The Labute approximate surface area is 206 Å². The fourth-order valence-corrected chi connectivity index (χ4v) is 3.99. The van der Waals surface area contributed by atoms with Crippen LogP contribution in [-0.2, 0) is 13.0 Å². The zero-order valence-electron chi connectivity index (χ0n) is 20.6. The second-order valence-electron chi connectivity index (χ2n) is 8.61. The maximum atomic E-state index is 12.7. The van der Waals surface area contributed by atoms with Gasteiger partial charge in [-0.25, -0.2) is 0 Å². The van der Waals surface area contributed by atoms with Gasteiger partial charge in [0, 0.05) is 30.7 Å². The van der Waals surface area contributed by atoms with Crippen LogP contribution >= 0.6 is 12.2 Å². The van der Waals surface area contributed by atoms with Crippen molar-refractivity contribution < 1.29 is 9.47 Å². The molecule has 0 radical (unpaired) electrons. The molecule has 0 atom stereocenters. The molecule has 0 bridgehead atoms. The molecule has 8 heteroatoms. The van der Waals surface area contributed by atoms with Gasteiger partial charge in [-0.15, -0.1) is 0 Å². The number of methoxy groups -OCH3 is 2. The minimum Gasteiger partial charge on any atom is -0.493 e. The standard InChI is InChI=1S/C26H34N4O3S/c1-18-6-8-22-20(14-18)16-21(25(31)28-22)17-30(13-12-29(2)3)26(34)27-11-10-19-7-9-23(32-4)24(15-19)33-5/h6-9,14-16H,10-13,17H2,1-5H3,(H,27,34)(H,28,31). The Morgan fingerprint density at radius 2 is 1.79 bits per heavy atom. The summed E-state index contributed by atoms with van der Waals surface area (Å²) in [7, 11) is 7.31. The molecule has 182 valence electrons. The number of H-pyrrole nitrogens is 1. The highest BCUT2D eigenvalue weighted by atomic mass is 32.1. The molecule has 3 aromatic rings. The number of hydrogen-bond donors (Lipinski definition) is 2. The second kappa shape index (κ2) is 11.9. The fourth-order valence-electron chi connectivity index (χ4n) is 3.73. The zero-order chi connectivity index (χ0) is 24.7. The summed E-state index contributed by atoms with van der Waals surface area (Å²) >= 11 is 5.73. The lowest BCUT2D eigenvalue weighted by Gasteiger charge is -2.27. The van der Waals surface area contributed by atoms with Crippen LogP contribution in [0.15, 0.2) is 47.3 Å². The Morgan fingerprint density at radius 1 is 1.03 bits per heavy atom. The van der Waals surface area contributed by atoms with Crippen molar-refractivity contribution in [1.29, 1.82) is 0 Å². The molecule has 0 saturated carbocycles. The molecular formula is C26H34N4O3S. The largest absolute Gasteiger partial charge is 0.493 e. The molecule has 1 aromatic heterocycles. The molecule has 0 spiro atoms. The molecule has 2 aromatic carbocycles. The highest BCUT2D eigenvalue weighted by Gasteiger charge is 2.14. The number of nitrogens with zero attached hydrogens (tertiary/aromatic N) is 2. The monoisotopic (exact) mass is 482 g/mol. The normalized spacial score (nSPS) is 11.0. The van der Waals surface area contributed by atoms with Crippen LogP contribution in [0, 0.1) is 6.92 Å². The van der Waals surface area contributed by atoms with Crippen LogP contribution in [0.4, 0.5) is 0 Å². The molecule has 2 N–H and O–H groups in total. The van der Waals surface area contributed by atoms with Crippen LogP contribution < -0.4 is 20.3 Å². The average molecular weight is 483 g/mol. The van der Waals surface area contributed by atoms with E-state index in [-0.39, 0.29) is 5.56 Å². The smallest absolute Gasteiger partial charge is 0.253 e. The first-order chi connectivity index (χ1) is 16.3. The summed E-state index contributed by atoms with van der Waals surface area (Å²) < 4.78 is 10.7. The number of nitrogens with one attached hydrogen (secondary N) is 2. The van der Waals surface area contributed by atoms with Crippen molar-refractivity contribution in [3.8, 4) is 11.5 Å². The summed E-state index contributed by atoms with van der Waals surface area (Å²) in [5.41, 5.74) is 3.73. The molecule has 0 unspecified atom stereocenters. The third-order valence-electron chi connectivity index (χ3n) is 5.68. The van der Waals surface area contributed by atoms with Crippen LogP contribution in [0.1, 0.15) is 16.7 Å². The highest BCUT2D eigenvalue weighted by Crippen LogP contribution is 2.27. The maximum absolute atomic E-state index is 12.7. The van der Waals surface area contributed by atoms with Crippen molar-refractivity contribution in [3.63, 3.8) is 0 Å². The first-order valence-corrected chi connectivity index (χ1v) is 11.7. The van der Waals surface area contributed by atoms with Gasteiger partial charge in [0.25, 0.3) is 5.56 Å². The predicted octanol–water partition coefficient (Wildman–Crippen LogP) is 3.33. The first kappa shape index (κ1) is 25.5. The number of hydrogen-bond acceptors (Lipinski definition) is 5. The van der Waals surface area contributed by atoms with E-state index in [1.807, 2.05) is 57.4 Å². The van der Waals surface area contributed by atoms with E-state index in [2.05, 4.69) is 26.2 Å². The highest BCUT2D eigenvalue weighted by molar-refractivity contribution is 7.80. The van der Waals surface area contributed by atoms with Crippen molar-refractivity contribution in [1.82, 2.24) is 20.1 Å². The number of ether oxygens (including phenoxy) is 2. The molecule has 0 aliphatic heterocycles. The third-order valence-corrected chi connectivity index (χ3v) is 6.08. The summed E-state index contributed by atoms with van der Waals surface area (Å²) in [6, 6.07) is 13.9. The van der Waals surface area contributed by atoms with E-state index in [9.17, 15) is 4.79 Å². The molecule has 34 heavy (non-hydrogen) atoms. The maximum Gasteiger partial charge on any atom is 0.253 e. The number of aromatic amines is 1. The second-order valence-corrected chi connectivity index (χ2v) is 9.00. The van der Waals surface area contributed by atoms with Crippen LogP contribution in [0.3, 0.4) is 0 Å². The van der Waals surface area contributed by atoms with Gasteiger partial charge >= 0.3 is 0 Å². The molecular weight excluding hydrogens is 448 g/mol. The molecule has 0 amide bonds. The van der Waals surface area contributed by atoms with E-state index < -0.39 is 0 Å². The average Bonchev–Trinajstić information content (AvgIpc) is 2.81. The topological polar surface area (TPSA) is 69.8 Å². The van der Waals surface area contributed by atoms with Crippen molar-refractivity contribution in [3.05, 3.63) is 69.5 Å². The molecule has 0 saturated heterocycles. The van der Waals surface area contributed by atoms with Gasteiger partial charge in [-0.05, 0) is 80.9 Å². The summed E-state index contributed by atoms with van der Waals surface area (Å²) in [4.78, 5) is 19.9. The number of pyridine rings is 1. The van der Waals surface area contributed by atoms with Crippen LogP contribution in [0.2, 0.25) is 0 Å². The first-order valence-electron chi connectivity index (χ1n) is 11.3. The number of thiocarbonyl (C=S) groups is 1. The Morgan fingerprint density at radius 3 is 2.50 bits per heavy atom. The Bertz CT molecular complexity index is 1190. The summed E-state index contributed by atoms with van der Waals surface area (Å²) in [5.74, 6) is 1.42. The number of fused-ring (bicyclic) bond motifs is 1. The van der Waals surface area contributed by atoms with Crippen LogP contribution in [0.5, 0.6) is 11.5 Å². The minimum atomic E-state index is -0.0840. The van der Waals surface area contributed by atoms with Gasteiger partial charge in [0.05, 0.1) is 20.8 Å². The fraction of sp³-hybridized carbons (Fsp3) is 0.385. The van der Waals surface area contributed by atoms with E-state index in [0.29, 0.717) is 41.8 Å². The van der Waals surface area contributed by atoms with Crippen LogP contribution in [0.25, 0.3) is 10.9 Å². The summed E-state index contributed by atoms with van der Waals surface area (Å²) in [6.07, 6.45) is 0.776. The van der Waals surface area contributed by atoms with Gasteiger partial charge in [-0.2, -0.15) is 0 Å². The SMILES string of the molecule is COc1ccc(CCNC(=S)N(CCN(C)C)Cc2cc3cc(C)ccc3[nH]c2=O)cc1OC. The summed E-state index contributed by atoms with van der Waals surface area (Å²) in [6.45, 7) is 4.68. The number of aryl methyl sites for hydroxylation is 1. The quantitative estimate of drug-likeness (QED) is 0.430. The lowest BCUT2D eigenvalue weighted by molar-refractivity contribution is 0.322. The number of benzene rings is 2. The molecule has 7 nitrogen and oxygen atoms in total. The Hall–Kier alpha value is -3.10. The number of likely N-dealkylation sites (N-methyl/N-ethyl adjacent to an activating group) is 1. The van der Waals surface area contributed by atoms with E-state index >= 15 is 0 Å². The van der Waals surface area contributed by atoms with E-state index in [1.165, 1.54) is 0 Å². The van der Waals surface area contributed by atoms with Crippen LogP contribution in [-0.4, -0.2) is 67.8 Å². The predicted molar refractivity (Wildman–Crippen MR) is 142 cm³/mol. The third kappa shape index (κ3) is 6.71. The van der Waals surface area contributed by atoms with Gasteiger partial charge in [-0.3, -0.25) is 4.79 Å².